The Morgan fingerprint density at radius 3 is 2.43 bits per heavy atom. The van der Waals surface area contributed by atoms with Gasteiger partial charge in [-0.05, 0) is 28.8 Å². The summed E-state index contributed by atoms with van der Waals surface area (Å²) in [6.45, 7) is 0.0193. The summed E-state index contributed by atoms with van der Waals surface area (Å²) in [6.07, 6.45) is 0. The number of rotatable bonds is 3. The second-order valence-corrected chi connectivity index (χ2v) is 7.08. The van der Waals surface area contributed by atoms with Crippen LogP contribution in [0.3, 0.4) is 0 Å². The molecule has 5 rings (SSSR count). The van der Waals surface area contributed by atoms with Crippen molar-refractivity contribution in [3.8, 4) is 0 Å². The number of H-pyrrole nitrogens is 1. The molecule has 0 radical (unpaired) electrons. The molecule has 1 aliphatic rings. The van der Waals surface area contributed by atoms with Gasteiger partial charge in [0.1, 0.15) is 0 Å². The van der Waals surface area contributed by atoms with Gasteiger partial charge in [-0.1, -0.05) is 60.7 Å². The van der Waals surface area contributed by atoms with Gasteiger partial charge in [-0.3, -0.25) is 4.79 Å². The number of hydrogen-bond acceptors (Lipinski definition) is 4. The Morgan fingerprint density at radius 2 is 1.68 bits per heavy atom. The van der Waals surface area contributed by atoms with Crippen LogP contribution in [0.2, 0.25) is 0 Å². The Balaban J connectivity index is 1.76. The van der Waals surface area contributed by atoms with Crippen molar-refractivity contribution in [2.24, 2.45) is 0 Å². The van der Waals surface area contributed by atoms with Crippen LogP contribution in [-0.4, -0.2) is 15.3 Å². The maximum atomic E-state index is 12.3. The lowest BCUT2D eigenvalue weighted by Crippen LogP contribution is -2.28. The number of aromatic amines is 1. The summed E-state index contributed by atoms with van der Waals surface area (Å²) >= 11 is 0. The van der Waals surface area contributed by atoms with E-state index >= 15 is 0 Å². The van der Waals surface area contributed by atoms with Crippen molar-refractivity contribution < 1.29 is 5.11 Å². The first kappa shape index (κ1) is 16.7. The van der Waals surface area contributed by atoms with Gasteiger partial charge in [0.15, 0.2) is 0 Å². The lowest BCUT2D eigenvalue weighted by Gasteiger charge is -2.34. The monoisotopic (exact) mass is 369 g/mol. The lowest BCUT2D eigenvalue weighted by atomic mass is 9.80. The molecule has 3 aromatic carbocycles. The van der Waals surface area contributed by atoms with E-state index in [2.05, 4.69) is 27.6 Å². The first-order valence-electron chi connectivity index (χ1n) is 9.29. The van der Waals surface area contributed by atoms with E-state index in [9.17, 15) is 9.90 Å². The molecule has 0 saturated carbocycles. The van der Waals surface area contributed by atoms with Crippen molar-refractivity contribution in [1.29, 1.82) is 0 Å². The van der Waals surface area contributed by atoms with Crippen LogP contribution in [0.1, 0.15) is 34.3 Å². The zero-order valence-electron chi connectivity index (χ0n) is 15.1. The van der Waals surface area contributed by atoms with Crippen molar-refractivity contribution in [1.82, 2.24) is 10.2 Å². The molecule has 3 N–H and O–H groups in total. The summed E-state index contributed by atoms with van der Waals surface area (Å²) in [5.41, 5.74) is 4.70. The summed E-state index contributed by atoms with van der Waals surface area (Å²) < 4.78 is 0. The minimum Gasteiger partial charge on any atom is -0.392 e. The molecule has 2 atom stereocenters. The van der Waals surface area contributed by atoms with Gasteiger partial charge in [-0.2, -0.15) is 5.10 Å². The molecule has 0 saturated heterocycles. The number of nitrogens with zero attached hydrogens (tertiary/aromatic N) is 1. The zero-order chi connectivity index (χ0) is 19.1. The van der Waals surface area contributed by atoms with Crippen LogP contribution >= 0.6 is 0 Å². The average molecular weight is 369 g/mol. The van der Waals surface area contributed by atoms with Crippen LogP contribution in [-0.2, 0) is 6.61 Å². The van der Waals surface area contributed by atoms with Crippen LogP contribution in [0.15, 0.2) is 77.6 Å². The highest BCUT2D eigenvalue weighted by atomic mass is 16.3. The number of aromatic nitrogens is 2. The Morgan fingerprint density at radius 1 is 0.893 bits per heavy atom. The van der Waals surface area contributed by atoms with Crippen LogP contribution in [0, 0.1) is 0 Å². The van der Waals surface area contributed by atoms with E-state index in [1.54, 1.807) is 0 Å². The highest BCUT2D eigenvalue weighted by molar-refractivity contribution is 5.97. The summed E-state index contributed by atoms with van der Waals surface area (Å²) in [7, 11) is 0. The first-order valence-corrected chi connectivity index (χ1v) is 9.29. The molecule has 138 valence electrons. The molecule has 5 heteroatoms. The van der Waals surface area contributed by atoms with Gasteiger partial charge in [0.2, 0.25) is 0 Å². The van der Waals surface area contributed by atoms with Gasteiger partial charge in [-0.25, -0.2) is 5.10 Å². The fourth-order valence-electron chi connectivity index (χ4n) is 4.12. The summed E-state index contributed by atoms with van der Waals surface area (Å²) in [5.74, 6) is -0.0598. The molecule has 0 fully saturated rings. The number of aliphatic hydroxyl groups is 1. The summed E-state index contributed by atoms with van der Waals surface area (Å²) in [4.78, 5) is 12.3. The maximum absolute atomic E-state index is 12.3. The topological polar surface area (TPSA) is 78.0 Å². The minimum absolute atomic E-state index is 0.0193. The molecular formula is C23H19N3O2. The highest BCUT2D eigenvalue weighted by Gasteiger charge is 2.34. The van der Waals surface area contributed by atoms with Gasteiger partial charge in [0, 0.05) is 11.1 Å². The fourth-order valence-corrected chi connectivity index (χ4v) is 4.12. The third-order valence-electron chi connectivity index (χ3n) is 5.46. The van der Waals surface area contributed by atoms with Crippen LogP contribution < -0.4 is 10.9 Å². The van der Waals surface area contributed by atoms with E-state index in [4.69, 9.17) is 0 Å². The Labute approximate surface area is 161 Å². The van der Waals surface area contributed by atoms with Crippen molar-refractivity contribution in [2.45, 2.75) is 18.6 Å². The van der Waals surface area contributed by atoms with Gasteiger partial charge < -0.3 is 10.4 Å². The lowest BCUT2D eigenvalue weighted by molar-refractivity contribution is 0.282. The van der Waals surface area contributed by atoms with Crippen molar-refractivity contribution >= 4 is 16.5 Å². The van der Waals surface area contributed by atoms with Crippen LogP contribution in [0.25, 0.3) is 10.8 Å². The van der Waals surface area contributed by atoms with E-state index in [0.29, 0.717) is 5.39 Å². The summed E-state index contributed by atoms with van der Waals surface area (Å²) in [6, 6.07) is 23.8. The van der Waals surface area contributed by atoms with E-state index in [-0.39, 0.29) is 24.1 Å². The second kappa shape index (κ2) is 6.62. The van der Waals surface area contributed by atoms with Gasteiger partial charge in [0.05, 0.1) is 29.6 Å². The molecule has 0 bridgehead atoms. The third kappa shape index (κ3) is 2.60. The van der Waals surface area contributed by atoms with Gasteiger partial charge in [-0.15, -0.1) is 0 Å². The molecule has 2 unspecified atom stereocenters. The highest BCUT2D eigenvalue weighted by Crippen LogP contribution is 2.46. The van der Waals surface area contributed by atoms with Crippen LogP contribution in [0.5, 0.6) is 0 Å². The Hall–Kier alpha value is -3.44. The van der Waals surface area contributed by atoms with Crippen molar-refractivity contribution in [3.05, 3.63) is 106 Å². The normalized spacial score (nSPS) is 18.0. The quantitative estimate of drug-likeness (QED) is 0.514. The molecule has 2 heterocycles. The predicted molar refractivity (Wildman–Crippen MR) is 109 cm³/mol. The SMILES string of the molecule is O=c1[nH]nc2c3c(cccc13)NC(c1ccc(CO)cc1)C2c1ccccc1. The molecule has 0 amide bonds. The number of benzene rings is 3. The predicted octanol–water partition coefficient (Wildman–Crippen LogP) is 3.71. The second-order valence-electron chi connectivity index (χ2n) is 7.08. The Bertz CT molecular complexity index is 1200. The standard InChI is InChI=1S/C23H19N3O2/c27-13-14-9-11-16(12-10-14)21-19(15-5-2-1-3-6-15)22-20-17(23(28)26-25-22)7-4-8-18(20)24-21/h1-12,19,21,24,27H,13H2,(H,26,28). The number of anilines is 1. The Kier molecular flexibility index (Phi) is 3.95. The van der Waals surface area contributed by atoms with E-state index in [1.807, 2.05) is 60.7 Å². The van der Waals surface area contributed by atoms with Crippen LogP contribution in [0.4, 0.5) is 5.69 Å². The van der Waals surface area contributed by atoms with Crippen molar-refractivity contribution in [3.63, 3.8) is 0 Å². The largest absolute Gasteiger partial charge is 0.392 e. The maximum Gasteiger partial charge on any atom is 0.272 e. The molecule has 1 aromatic heterocycles. The number of aliphatic hydroxyl groups excluding tert-OH is 1. The molecule has 5 nitrogen and oxygen atoms in total. The third-order valence-corrected chi connectivity index (χ3v) is 5.46. The molecule has 0 spiro atoms. The smallest absolute Gasteiger partial charge is 0.272 e. The van der Waals surface area contributed by atoms with E-state index < -0.39 is 0 Å². The molecule has 1 aliphatic heterocycles. The molecule has 0 aliphatic carbocycles. The summed E-state index contributed by atoms with van der Waals surface area (Å²) in [5, 5.41) is 21.7. The minimum atomic E-state index is -0.181. The number of hydrogen-bond donors (Lipinski definition) is 3. The molecule has 28 heavy (non-hydrogen) atoms. The van der Waals surface area contributed by atoms with E-state index in [0.717, 1.165) is 33.5 Å². The zero-order valence-corrected chi connectivity index (χ0v) is 15.1. The molecular weight excluding hydrogens is 350 g/mol. The van der Waals surface area contributed by atoms with Gasteiger partial charge >= 0.3 is 0 Å². The first-order chi connectivity index (χ1) is 13.8. The fraction of sp³-hybridized carbons (Fsp3) is 0.130. The molecule has 4 aromatic rings. The van der Waals surface area contributed by atoms with Gasteiger partial charge in [0.25, 0.3) is 5.56 Å². The van der Waals surface area contributed by atoms with E-state index in [1.165, 1.54) is 0 Å². The average Bonchev–Trinajstić information content (AvgIpc) is 2.76. The number of nitrogens with one attached hydrogen (secondary N) is 2. The van der Waals surface area contributed by atoms with Crippen molar-refractivity contribution in [2.75, 3.05) is 5.32 Å².